The fraction of sp³-hybridized carbons (Fsp3) is 0.714. The van der Waals surface area contributed by atoms with Crippen molar-refractivity contribution in [3.8, 4) is 0 Å². The maximum Gasteiger partial charge on any atom is 0.115 e. The third-order valence-corrected chi connectivity index (χ3v) is 3.41. The van der Waals surface area contributed by atoms with Crippen molar-refractivity contribution < 1.29 is 0 Å². The Morgan fingerprint density at radius 2 is 1.94 bits per heavy atom. The van der Waals surface area contributed by atoms with Crippen LogP contribution in [0, 0.1) is 0 Å². The zero-order valence-electron chi connectivity index (χ0n) is 11.8. The maximum atomic E-state index is 4.25. The molecule has 2 heterocycles. The van der Waals surface area contributed by atoms with Crippen LogP contribution in [0.15, 0.2) is 18.6 Å². The molecule has 0 unspecified atom stereocenters. The monoisotopic (exact) mass is 248 g/mol. The van der Waals surface area contributed by atoms with Crippen molar-refractivity contribution in [3.05, 3.63) is 24.3 Å². The number of nitrogens with one attached hydrogen (secondary N) is 2. The average Bonchev–Trinajstić information content (AvgIpc) is 2.24. The van der Waals surface area contributed by atoms with E-state index >= 15 is 0 Å². The molecule has 0 aliphatic carbocycles. The van der Waals surface area contributed by atoms with Crippen molar-refractivity contribution in [2.45, 2.75) is 64.2 Å². The molecule has 1 aromatic heterocycles. The summed E-state index contributed by atoms with van der Waals surface area (Å²) in [5.41, 5.74) is 1.43. The van der Waals surface area contributed by atoms with Gasteiger partial charge >= 0.3 is 0 Å². The Hall–Kier alpha value is -1.00. The van der Waals surface area contributed by atoms with Gasteiger partial charge in [-0.25, -0.2) is 9.97 Å². The predicted molar refractivity (Wildman–Crippen MR) is 73.2 cm³/mol. The first-order chi connectivity index (χ1) is 8.36. The van der Waals surface area contributed by atoms with Crippen LogP contribution >= 0.6 is 0 Å². The van der Waals surface area contributed by atoms with Gasteiger partial charge in [0, 0.05) is 29.9 Å². The van der Waals surface area contributed by atoms with E-state index in [9.17, 15) is 0 Å². The second kappa shape index (κ2) is 4.94. The Kier molecular flexibility index (Phi) is 3.69. The van der Waals surface area contributed by atoms with Crippen molar-refractivity contribution in [2.75, 3.05) is 0 Å². The summed E-state index contributed by atoms with van der Waals surface area (Å²) >= 11 is 0. The number of rotatable bonds is 3. The van der Waals surface area contributed by atoms with Crippen molar-refractivity contribution >= 4 is 0 Å². The molecule has 2 rings (SSSR count). The molecule has 4 heteroatoms. The van der Waals surface area contributed by atoms with Gasteiger partial charge in [0.05, 0.1) is 5.69 Å². The first-order valence-electron chi connectivity index (χ1n) is 6.64. The molecule has 0 atom stereocenters. The molecule has 1 aliphatic heterocycles. The fourth-order valence-electron chi connectivity index (χ4n) is 3.14. The van der Waals surface area contributed by atoms with Gasteiger partial charge in [-0.05, 0) is 46.6 Å². The van der Waals surface area contributed by atoms with Gasteiger partial charge in [-0.1, -0.05) is 0 Å². The summed E-state index contributed by atoms with van der Waals surface area (Å²) in [6.45, 7) is 9.90. The smallest absolute Gasteiger partial charge is 0.115 e. The van der Waals surface area contributed by atoms with E-state index in [0.29, 0.717) is 6.04 Å². The fourth-order valence-corrected chi connectivity index (χ4v) is 3.14. The molecule has 0 aromatic carbocycles. The quantitative estimate of drug-likeness (QED) is 0.857. The third kappa shape index (κ3) is 3.75. The first-order valence-corrected chi connectivity index (χ1v) is 6.64. The van der Waals surface area contributed by atoms with Crippen LogP contribution in [0.25, 0.3) is 0 Å². The molecule has 1 aromatic rings. The number of nitrogens with zero attached hydrogens (tertiary/aromatic N) is 2. The van der Waals surface area contributed by atoms with Crippen LogP contribution in [0.5, 0.6) is 0 Å². The van der Waals surface area contributed by atoms with Gasteiger partial charge < -0.3 is 10.6 Å². The van der Waals surface area contributed by atoms with Crippen molar-refractivity contribution in [3.63, 3.8) is 0 Å². The highest BCUT2D eigenvalue weighted by Gasteiger charge is 2.37. The first kappa shape index (κ1) is 13.4. The molecule has 0 spiro atoms. The lowest BCUT2D eigenvalue weighted by Gasteiger charge is -2.46. The van der Waals surface area contributed by atoms with E-state index in [0.717, 1.165) is 25.1 Å². The summed E-state index contributed by atoms with van der Waals surface area (Å²) in [5, 5.41) is 7.31. The van der Waals surface area contributed by atoms with Crippen LogP contribution in [-0.4, -0.2) is 27.1 Å². The van der Waals surface area contributed by atoms with Crippen LogP contribution in [-0.2, 0) is 6.54 Å². The zero-order valence-corrected chi connectivity index (χ0v) is 11.8. The summed E-state index contributed by atoms with van der Waals surface area (Å²) in [4.78, 5) is 8.18. The van der Waals surface area contributed by atoms with Crippen LogP contribution in [0.2, 0.25) is 0 Å². The lowest BCUT2D eigenvalue weighted by Crippen LogP contribution is -2.61. The van der Waals surface area contributed by atoms with Crippen molar-refractivity contribution in [1.82, 2.24) is 20.6 Å². The van der Waals surface area contributed by atoms with Crippen LogP contribution in [0.3, 0.4) is 0 Å². The molecular weight excluding hydrogens is 224 g/mol. The molecule has 0 amide bonds. The van der Waals surface area contributed by atoms with E-state index in [4.69, 9.17) is 0 Å². The number of hydrogen-bond acceptors (Lipinski definition) is 4. The molecule has 4 nitrogen and oxygen atoms in total. The van der Waals surface area contributed by atoms with Crippen LogP contribution in [0.1, 0.15) is 46.2 Å². The van der Waals surface area contributed by atoms with Gasteiger partial charge in [0.25, 0.3) is 0 Å². The third-order valence-electron chi connectivity index (χ3n) is 3.41. The average molecular weight is 248 g/mol. The molecule has 1 aliphatic rings. The summed E-state index contributed by atoms with van der Waals surface area (Å²) in [5.74, 6) is 0. The van der Waals surface area contributed by atoms with Crippen LogP contribution < -0.4 is 10.6 Å². The Morgan fingerprint density at radius 3 is 2.50 bits per heavy atom. The number of hydrogen-bond donors (Lipinski definition) is 2. The highest BCUT2D eigenvalue weighted by molar-refractivity contribution is 5.02. The second-order valence-corrected chi connectivity index (χ2v) is 6.58. The molecule has 1 saturated heterocycles. The molecular formula is C14H24N4. The predicted octanol–water partition coefficient (Wildman–Crippen LogP) is 1.88. The van der Waals surface area contributed by atoms with E-state index in [1.807, 2.05) is 6.07 Å². The number of aromatic nitrogens is 2. The van der Waals surface area contributed by atoms with Crippen molar-refractivity contribution in [1.29, 1.82) is 0 Å². The van der Waals surface area contributed by atoms with E-state index in [2.05, 4.69) is 48.3 Å². The summed E-state index contributed by atoms with van der Waals surface area (Å²) in [6.07, 6.45) is 5.68. The van der Waals surface area contributed by atoms with E-state index in [1.165, 1.54) is 0 Å². The molecule has 100 valence electrons. The summed E-state index contributed by atoms with van der Waals surface area (Å²) < 4.78 is 0. The minimum atomic E-state index is 0.186. The van der Waals surface area contributed by atoms with Crippen molar-refractivity contribution in [2.24, 2.45) is 0 Å². The minimum absolute atomic E-state index is 0.186. The molecule has 2 N–H and O–H groups in total. The molecule has 0 radical (unpaired) electrons. The maximum absolute atomic E-state index is 4.25. The molecule has 0 saturated carbocycles. The summed E-state index contributed by atoms with van der Waals surface area (Å²) in [6, 6.07) is 2.50. The highest BCUT2D eigenvalue weighted by atomic mass is 15.1. The lowest BCUT2D eigenvalue weighted by molar-refractivity contribution is 0.145. The van der Waals surface area contributed by atoms with Gasteiger partial charge in [-0.15, -0.1) is 0 Å². The zero-order chi connectivity index (χ0) is 13.2. The van der Waals surface area contributed by atoms with E-state index in [-0.39, 0.29) is 11.1 Å². The summed E-state index contributed by atoms with van der Waals surface area (Å²) in [7, 11) is 0. The van der Waals surface area contributed by atoms with Gasteiger partial charge in [0.15, 0.2) is 0 Å². The largest absolute Gasteiger partial charge is 0.308 e. The lowest BCUT2D eigenvalue weighted by atomic mass is 9.79. The topological polar surface area (TPSA) is 49.8 Å². The standard InChI is InChI=1S/C14H24N4/c1-13(2)7-12(8-14(3,4)18-13)16-9-11-5-6-15-10-17-11/h5-6,10,12,16,18H,7-9H2,1-4H3. The Bertz CT molecular complexity index is 370. The highest BCUT2D eigenvalue weighted by Crippen LogP contribution is 2.28. The Balaban J connectivity index is 1.93. The van der Waals surface area contributed by atoms with E-state index < -0.39 is 0 Å². The van der Waals surface area contributed by atoms with E-state index in [1.54, 1.807) is 12.5 Å². The Morgan fingerprint density at radius 1 is 1.28 bits per heavy atom. The second-order valence-electron chi connectivity index (χ2n) is 6.58. The minimum Gasteiger partial charge on any atom is -0.308 e. The van der Waals surface area contributed by atoms with Gasteiger partial charge in [-0.2, -0.15) is 0 Å². The van der Waals surface area contributed by atoms with Gasteiger partial charge in [-0.3, -0.25) is 0 Å². The number of piperidine rings is 1. The SMILES string of the molecule is CC1(C)CC(NCc2ccncn2)CC(C)(C)N1. The van der Waals surface area contributed by atoms with Gasteiger partial charge in [0.2, 0.25) is 0 Å². The van der Waals surface area contributed by atoms with Gasteiger partial charge in [0.1, 0.15) is 6.33 Å². The van der Waals surface area contributed by atoms with Crippen LogP contribution in [0.4, 0.5) is 0 Å². The molecule has 18 heavy (non-hydrogen) atoms. The normalized spacial score (nSPS) is 22.9. The molecule has 1 fully saturated rings. The Labute approximate surface area is 110 Å². The molecule has 0 bridgehead atoms.